The zero-order valence-corrected chi connectivity index (χ0v) is 16.4. The van der Waals surface area contributed by atoms with Crippen molar-refractivity contribution in [1.82, 2.24) is 0 Å². The van der Waals surface area contributed by atoms with Crippen molar-refractivity contribution in [3.05, 3.63) is 53.1 Å². The average molecular weight is 383 g/mol. The van der Waals surface area contributed by atoms with Crippen LogP contribution in [0.3, 0.4) is 0 Å². The first-order chi connectivity index (χ1) is 13.5. The third-order valence-corrected chi connectivity index (χ3v) is 4.90. The molecular weight excluding hydrogens is 358 g/mol. The average Bonchev–Trinajstić information content (AvgIpc) is 2.73. The molecule has 0 aromatic heterocycles. The summed E-state index contributed by atoms with van der Waals surface area (Å²) < 4.78 is 16.0. The van der Waals surface area contributed by atoms with Gasteiger partial charge in [0, 0.05) is 0 Å². The van der Waals surface area contributed by atoms with Crippen LogP contribution in [-0.2, 0) is 22.4 Å². The fourth-order valence-electron chi connectivity index (χ4n) is 3.39. The van der Waals surface area contributed by atoms with E-state index in [1.807, 2.05) is 12.1 Å². The van der Waals surface area contributed by atoms with Crippen LogP contribution >= 0.6 is 0 Å². The van der Waals surface area contributed by atoms with Gasteiger partial charge in [-0.2, -0.15) is 0 Å². The van der Waals surface area contributed by atoms with Gasteiger partial charge in [0.15, 0.2) is 6.10 Å². The summed E-state index contributed by atoms with van der Waals surface area (Å²) in [5, 5.41) is 2.78. The molecule has 1 atom stereocenters. The van der Waals surface area contributed by atoms with Crippen LogP contribution < -0.4 is 14.8 Å². The Hall–Kier alpha value is -3.02. The Bertz CT molecular complexity index is 877. The van der Waals surface area contributed by atoms with Gasteiger partial charge in [0.25, 0.3) is 5.91 Å². The first-order valence-corrected chi connectivity index (χ1v) is 9.38. The van der Waals surface area contributed by atoms with Gasteiger partial charge in [-0.25, -0.2) is 4.79 Å². The molecule has 148 valence electrons. The molecule has 1 aliphatic carbocycles. The molecule has 0 unspecified atom stereocenters. The number of hydrogen-bond donors (Lipinski definition) is 1. The maximum absolute atomic E-state index is 12.7. The van der Waals surface area contributed by atoms with Gasteiger partial charge in [-0.05, 0) is 68.0 Å². The van der Waals surface area contributed by atoms with Crippen molar-refractivity contribution in [2.75, 3.05) is 19.5 Å². The quantitative estimate of drug-likeness (QED) is 0.769. The van der Waals surface area contributed by atoms with E-state index in [9.17, 15) is 9.59 Å². The Morgan fingerprint density at radius 2 is 1.82 bits per heavy atom. The van der Waals surface area contributed by atoms with E-state index in [-0.39, 0.29) is 5.91 Å². The topological polar surface area (TPSA) is 73.9 Å². The Balaban J connectivity index is 1.75. The lowest BCUT2D eigenvalue weighted by atomic mass is 9.91. The van der Waals surface area contributed by atoms with Crippen LogP contribution in [-0.4, -0.2) is 32.2 Å². The number of nitrogens with one attached hydrogen (secondary N) is 1. The van der Waals surface area contributed by atoms with Gasteiger partial charge in [0.2, 0.25) is 0 Å². The van der Waals surface area contributed by atoms with Gasteiger partial charge in [-0.3, -0.25) is 4.79 Å². The molecule has 0 saturated heterocycles. The number of ether oxygens (including phenoxy) is 3. The highest BCUT2D eigenvalue weighted by molar-refractivity contribution is 5.98. The number of anilines is 1. The second-order valence-electron chi connectivity index (χ2n) is 6.76. The second-order valence-corrected chi connectivity index (χ2v) is 6.76. The first kappa shape index (κ1) is 19.7. The normalized spacial score (nSPS) is 13.8. The lowest BCUT2D eigenvalue weighted by molar-refractivity contribution is -0.122. The Morgan fingerprint density at radius 3 is 2.57 bits per heavy atom. The standard InChI is InChI=1S/C22H25NO5/c1-14(28-19-10-6-8-15-7-4-5-9-17(15)19)21(24)23-18-13-16(22(25)27-3)11-12-20(18)26-2/h6,8,10-14H,4-5,7,9H2,1-3H3,(H,23,24)/t14-/m0/s1. The van der Waals surface area contributed by atoms with E-state index in [1.54, 1.807) is 19.1 Å². The highest BCUT2D eigenvalue weighted by Crippen LogP contribution is 2.31. The molecular formula is C22H25NO5. The monoisotopic (exact) mass is 383 g/mol. The van der Waals surface area contributed by atoms with E-state index in [0.717, 1.165) is 25.0 Å². The molecule has 0 radical (unpaired) electrons. The number of methoxy groups -OCH3 is 2. The van der Waals surface area contributed by atoms with Crippen LogP contribution in [0.25, 0.3) is 0 Å². The fraction of sp³-hybridized carbons (Fsp3) is 0.364. The van der Waals surface area contributed by atoms with E-state index < -0.39 is 12.1 Å². The van der Waals surface area contributed by atoms with Crippen LogP contribution in [0.1, 0.15) is 41.3 Å². The first-order valence-electron chi connectivity index (χ1n) is 9.38. The van der Waals surface area contributed by atoms with Crippen molar-refractivity contribution in [3.8, 4) is 11.5 Å². The molecule has 0 bridgehead atoms. The number of benzene rings is 2. The summed E-state index contributed by atoms with van der Waals surface area (Å²) >= 11 is 0. The van der Waals surface area contributed by atoms with Crippen molar-refractivity contribution >= 4 is 17.6 Å². The van der Waals surface area contributed by atoms with Gasteiger partial charge in [0.05, 0.1) is 25.5 Å². The number of esters is 1. The largest absolute Gasteiger partial charge is 0.495 e. The molecule has 3 rings (SSSR count). The van der Waals surface area contributed by atoms with Gasteiger partial charge < -0.3 is 19.5 Å². The van der Waals surface area contributed by atoms with Crippen LogP contribution in [0.2, 0.25) is 0 Å². The zero-order chi connectivity index (χ0) is 20.1. The number of carbonyl (C=O) groups is 2. The Labute approximate surface area is 164 Å². The Morgan fingerprint density at radius 1 is 1.04 bits per heavy atom. The summed E-state index contributed by atoms with van der Waals surface area (Å²) in [6.07, 6.45) is 3.62. The molecule has 0 saturated carbocycles. The maximum Gasteiger partial charge on any atom is 0.337 e. The summed E-state index contributed by atoms with van der Waals surface area (Å²) in [4.78, 5) is 24.5. The highest BCUT2D eigenvalue weighted by Gasteiger charge is 2.21. The molecule has 1 N–H and O–H groups in total. The van der Waals surface area contributed by atoms with Crippen molar-refractivity contribution < 1.29 is 23.8 Å². The third kappa shape index (κ3) is 4.27. The highest BCUT2D eigenvalue weighted by atomic mass is 16.5. The summed E-state index contributed by atoms with van der Waals surface area (Å²) in [6, 6.07) is 10.7. The second kappa shape index (κ2) is 8.78. The number of fused-ring (bicyclic) bond motifs is 1. The van der Waals surface area contributed by atoms with Crippen molar-refractivity contribution in [3.63, 3.8) is 0 Å². The Kier molecular flexibility index (Phi) is 6.19. The number of amides is 1. The summed E-state index contributed by atoms with van der Waals surface area (Å²) in [5.41, 5.74) is 3.20. The molecule has 2 aromatic carbocycles. The van der Waals surface area contributed by atoms with Crippen molar-refractivity contribution in [2.24, 2.45) is 0 Å². The predicted octanol–water partition coefficient (Wildman–Crippen LogP) is 3.77. The SMILES string of the molecule is COC(=O)c1ccc(OC)c(NC(=O)[C@H](C)Oc2cccc3c2CCCC3)c1. The lowest BCUT2D eigenvalue weighted by Gasteiger charge is -2.22. The summed E-state index contributed by atoms with van der Waals surface area (Å²) in [5.74, 6) is 0.396. The van der Waals surface area contributed by atoms with Crippen LogP contribution in [0.5, 0.6) is 11.5 Å². The van der Waals surface area contributed by atoms with Gasteiger partial charge in [-0.1, -0.05) is 12.1 Å². The van der Waals surface area contributed by atoms with E-state index in [4.69, 9.17) is 14.2 Å². The molecule has 6 heteroatoms. The van der Waals surface area contributed by atoms with Gasteiger partial charge >= 0.3 is 5.97 Å². The van der Waals surface area contributed by atoms with E-state index in [1.165, 1.54) is 37.8 Å². The number of rotatable bonds is 6. The maximum atomic E-state index is 12.7. The number of carbonyl (C=O) groups excluding carboxylic acids is 2. The minimum Gasteiger partial charge on any atom is -0.495 e. The minimum atomic E-state index is -0.708. The van der Waals surface area contributed by atoms with Crippen LogP contribution in [0.15, 0.2) is 36.4 Å². The van der Waals surface area contributed by atoms with Gasteiger partial charge in [0.1, 0.15) is 11.5 Å². The zero-order valence-electron chi connectivity index (χ0n) is 16.4. The van der Waals surface area contributed by atoms with Gasteiger partial charge in [-0.15, -0.1) is 0 Å². The number of aryl methyl sites for hydroxylation is 1. The summed E-state index contributed by atoms with van der Waals surface area (Å²) in [7, 11) is 2.81. The number of hydrogen-bond acceptors (Lipinski definition) is 5. The molecule has 2 aromatic rings. The van der Waals surface area contributed by atoms with Crippen molar-refractivity contribution in [1.29, 1.82) is 0 Å². The van der Waals surface area contributed by atoms with Crippen LogP contribution in [0.4, 0.5) is 5.69 Å². The lowest BCUT2D eigenvalue weighted by Crippen LogP contribution is -2.31. The molecule has 1 aliphatic rings. The fourth-order valence-corrected chi connectivity index (χ4v) is 3.39. The van der Waals surface area contributed by atoms with Crippen LogP contribution in [0, 0.1) is 0 Å². The molecule has 28 heavy (non-hydrogen) atoms. The van der Waals surface area contributed by atoms with E-state index >= 15 is 0 Å². The molecule has 6 nitrogen and oxygen atoms in total. The molecule has 1 amide bonds. The third-order valence-electron chi connectivity index (χ3n) is 4.90. The molecule has 0 fully saturated rings. The molecule has 0 heterocycles. The summed E-state index contributed by atoms with van der Waals surface area (Å²) in [6.45, 7) is 1.70. The van der Waals surface area contributed by atoms with E-state index in [0.29, 0.717) is 17.0 Å². The minimum absolute atomic E-state index is 0.323. The molecule has 0 spiro atoms. The molecule has 0 aliphatic heterocycles. The van der Waals surface area contributed by atoms with E-state index in [2.05, 4.69) is 11.4 Å². The predicted molar refractivity (Wildman–Crippen MR) is 106 cm³/mol. The smallest absolute Gasteiger partial charge is 0.337 e. The van der Waals surface area contributed by atoms with Crippen molar-refractivity contribution in [2.45, 2.75) is 38.7 Å².